The average Bonchev–Trinajstić information content (AvgIpc) is 2.15. The smallest absolute Gasteiger partial charge is 0.387 e. The molecule has 3 nitrogen and oxygen atoms in total. The first-order chi connectivity index (χ1) is 7.40. The fourth-order valence-electron chi connectivity index (χ4n) is 1.09. The van der Waals surface area contributed by atoms with Crippen LogP contribution >= 0.6 is 0 Å². The van der Waals surface area contributed by atoms with Gasteiger partial charge in [-0.2, -0.15) is 8.78 Å². The lowest BCUT2D eigenvalue weighted by Gasteiger charge is -2.11. The third-order valence-corrected chi connectivity index (χ3v) is 1.73. The summed E-state index contributed by atoms with van der Waals surface area (Å²) in [6.07, 6.45) is -4.95. The van der Waals surface area contributed by atoms with E-state index in [1.54, 1.807) is 0 Å². The van der Waals surface area contributed by atoms with Crippen LogP contribution in [0.5, 0.6) is 5.75 Å². The van der Waals surface area contributed by atoms with Crippen LogP contribution in [0, 0.1) is 0 Å². The summed E-state index contributed by atoms with van der Waals surface area (Å²) in [5.41, 5.74) is -0.963. The van der Waals surface area contributed by atoms with Gasteiger partial charge in [0, 0.05) is 11.1 Å². The molecule has 0 saturated heterocycles. The topological polar surface area (TPSA) is 49.7 Å². The van der Waals surface area contributed by atoms with Gasteiger partial charge in [0.05, 0.1) is 0 Å². The Morgan fingerprint density at radius 2 is 1.50 bits per heavy atom. The van der Waals surface area contributed by atoms with Gasteiger partial charge in [0.2, 0.25) is 0 Å². The molecule has 1 aromatic rings. The van der Waals surface area contributed by atoms with Gasteiger partial charge in [0.25, 0.3) is 6.43 Å². The highest BCUT2D eigenvalue weighted by Gasteiger charge is 2.15. The SMILES string of the molecule is OC(O)c1cc(OC(F)F)cc(C(F)F)c1. The molecule has 90 valence electrons. The summed E-state index contributed by atoms with van der Waals surface area (Å²) in [6.45, 7) is -3.17. The van der Waals surface area contributed by atoms with E-state index in [2.05, 4.69) is 4.74 Å². The number of rotatable bonds is 4. The Bertz CT molecular complexity index is 328. The first kappa shape index (κ1) is 12.7. The monoisotopic (exact) mass is 240 g/mol. The van der Waals surface area contributed by atoms with Crippen molar-refractivity contribution in [2.45, 2.75) is 19.3 Å². The highest BCUT2D eigenvalue weighted by atomic mass is 19.3. The fraction of sp³-hybridized carbons (Fsp3) is 0.333. The van der Waals surface area contributed by atoms with Gasteiger partial charge in [-0.25, -0.2) is 8.78 Å². The largest absolute Gasteiger partial charge is 0.435 e. The predicted octanol–water partition coefficient (Wildman–Crippen LogP) is 2.21. The first-order valence-corrected chi connectivity index (χ1v) is 4.14. The van der Waals surface area contributed by atoms with Crippen LogP contribution in [0.3, 0.4) is 0 Å². The van der Waals surface area contributed by atoms with Crippen molar-refractivity contribution < 1.29 is 32.5 Å². The van der Waals surface area contributed by atoms with Crippen LogP contribution in [0.2, 0.25) is 0 Å². The zero-order valence-electron chi connectivity index (χ0n) is 7.78. The van der Waals surface area contributed by atoms with Crippen LogP contribution in [0.4, 0.5) is 17.6 Å². The number of benzene rings is 1. The maximum Gasteiger partial charge on any atom is 0.387 e. The van der Waals surface area contributed by atoms with Crippen molar-refractivity contribution in [1.82, 2.24) is 0 Å². The molecule has 1 aromatic carbocycles. The van der Waals surface area contributed by atoms with Gasteiger partial charge < -0.3 is 14.9 Å². The van der Waals surface area contributed by atoms with E-state index in [0.29, 0.717) is 6.07 Å². The number of aliphatic hydroxyl groups is 2. The van der Waals surface area contributed by atoms with Gasteiger partial charge in [0.1, 0.15) is 5.75 Å². The molecule has 0 radical (unpaired) electrons. The van der Waals surface area contributed by atoms with Crippen LogP contribution in [-0.2, 0) is 0 Å². The Kier molecular flexibility index (Phi) is 4.08. The summed E-state index contributed by atoms with van der Waals surface area (Å²) in [5.74, 6) is -0.545. The van der Waals surface area contributed by atoms with Crippen molar-refractivity contribution in [3.8, 4) is 5.75 Å². The van der Waals surface area contributed by atoms with Crippen molar-refractivity contribution in [2.24, 2.45) is 0 Å². The van der Waals surface area contributed by atoms with E-state index in [4.69, 9.17) is 10.2 Å². The average molecular weight is 240 g/mol. The summed E-state index contributed by atoms with van der Waals surface area (Å²) >= 11 is 0. The minimum absolute atomic E-state index is 0.339. The van der Waals surface area contributed by atoms with Gasteiger partial charge in [-0.1, -0.05) is 0 Å². The molecule has 0 bridgehead atoms. The summed E-state index contributed by atoms with van der Waals surface area (Å²) < 4.78 is 52.3. The van der Waals surface area contributed by atoms with Gasteiger partial charge >= 0.3 is 6.61 Å². The third-order valence-electron chi connectivity index (χ3n) is 1.73. The maximum atomic E-state index is 12.3. The molecule has 0 amide bonds. The van der Waals surface area contributed by atoms with E-state index < -0.39 is 30.6 Å². The van der Waals surface area contributed by atoms with Crippen LogP contribution in [0.1, 0.15) is 23.8 Å². The van der Waals surface area contributed by atoms with Crippen LogP contribution in [-0.4, -0.2) is 16.8 Å². The van der Waals surface area contributed by atoms with Crippen molar-refractivity contribution in [3.05, 3.63) is 29.3 Å². The summed E-state index contributed by atoms with van der Waals surface area (Å²) in [5, 5.41) is 17.5. The summed E-state index contributed by atoms with van der Waals surface area (Å²) in [4.78, 5) is 0. The standard InChI is InChI=1S/C9H8F4O3/c10-7(11)4-1-5(8(14)15)3-6(2-4)16-9(12)13/h1-3,7-9,14-15H. The number of ether oxygens (including phenoxy) is 1. The number of hydrogen-bond acceptors (Lipinski definition) is 3. The molecule has 0 spiro atoms. The van der Waals surface area contributed by atoms with E-state index in [-0.39, 0.29) is 5.56 Å². The zero-order valence-corrected chi connectivity index (χ0v) is 7.78. The molecule has 16 heavy (non-hydrogen) atoms. The quantitative estimate of drug-likeness (QED) is 0.626. The zero-order chi connectivity index (χ0) is 12.3. The van der Waals surface area contributed by atoms with Gasteiger partial charge in [-0.15, -0.1) is 0 Å². The van der Waals surface area contributed by atoms with E-state index >= 15 is 0 Å². The molecule has 0 aromatic heterocycles. The third kappa shape index (κ3) is 3.35. The Labute approximate surface area is 87.9 Å². The lowest BCUT2D eigenvalue weighted by Crippen LogP contribution is -2.04. The second-order valence-electron chi connectivity index (χ2n) is 2.89. The van der Waals surface area contributed by atoms with Crippen molar-refractivity contribution >= 4 is 0 Å². The molecule has 0 aliphatic carbocycles. The van der Waals surface area contributed by atoms with Gasteiger partial charge in [0.15, 0.2) is 6.29 Å². The molecule has 0 fully saturated rings. The first-order valence-electron chi connectivity index (χ1n) is 4.14. The molecule has 0 aliphatic heterocycles. The van der Waals surface area contributed by atoms with Crippen LogP contribution in [0.25, 0.3) is 0 Å². The van der Waals surface area contributed by atoms with Crippen LogP contribution in [0.15, 0.2) is 18.2 Å². The minimum Gasteiger partial charge on any atom is -0.435 e. The molecule has 1 rings (SSSR count). The second-order valence-corrected chi connectivity index (χ2v) is 2.89. The highest BCUT2D eigenvalue weighted by molar-refractivity contribution is 5.35. The number of aliphatic hydroxyl groups excluding tert-OH is 1. The minimum atomic E-state index is -3.17. The molecule has 0 atom stereocenters. The van der Waals surface area contributed by atoms with Gasteiger partial charge in [-0.05, 0) is 18.2 Å². The van der Waals surface area contributed by atoms with Gasteiger partial charge in [-0.3, -0.25) is 0 Å². The Morgan fingerprint density at radius 1 is 0.938 bits per heavy atom. The van der Waals surface area contributed by atoms with Crippen LogP contribution < -0.4 is 4.74 Å². The predicted molar refractivity (Wildman–Crippen MR) is 45.2 cm³/mol. The normalized spacial score (nSPS) is 11.6. The van der Waals surface area contributed by atoms with E-state index in [1.165, 1.54) is 0 Å². The van der Waals surface area contributed by atoms with E-state index in [0.717, 1.165) is 12.1 Å². The molecule has 7 heteroatoms. The molecule has 0 aliphatic rings. The van der Waals surface area contributed by atoms with E-state index in [1.807, 2.05) is 0 Å². The number of hydrogen-bond donors (Lipinski definition) is 2. The summed E-state index contributed by atoms with van der Waals surface area (Å²) in [6, 6.07) is 2.36. The summed E-state index contributed by atoms with van der Waals surface area (Å²) in [7, 11) is 0. The maximum absolute atomic E-state index is 12.3. The second kappa shape index (κ2) is 5.13. The number of halogens is 4. The lowest BCUT2D eigenvalue weighted by molar-refractivity contribution is -0.0534. The Morgan fingerprint density at radius 3 is 1.94 bits per heavy atom. The molecule has 0 saturated carbocycles. The highest BCUT2D eigenvalue weighted by Crippen LogP contribution is 2.28. The van der Waals surface area contributed by atoms with Crippen molar-refractivity contribution in [3.63, 3.8) is 0 Å². The molecular formula is C9H8F4O3. The van der Waals surface area contributed by atoms with Crippen molar-refractivity contribution in [1.29, 1.82) is 0 Å². The number of alkyl halides is 4. The fourth-order valence-corrected chi connectivity index (χ4v) is 1.09. The Balaban J connectivity index is 3.08. The van der Waals surface area contributed by atoms with E-state index in [9.17, 15) is 17.6 Å². The molecule has 0 unspecified atom stereocenters. The van der Waals surface area contributed by atoms with Crippen molar-refractivity contribution in [2.75, 3.05) is 0 Å². The molecule has 0 heterocycles. The molecule has 2 N–H and O–H groups in total. The molecular weight excluding hydrogens is 232 g/mol. The lowest BCUT2D eigenvalue weighted by atomic mass is 10.1. The Hall–Kier alpha value is -1.34.